The molecule has 3 N–H and O–H groups in total. The van der Waals surface area contributed by atoms with E-state index in [1.54, 1.807) is 13.8 Å². The molecular weight excluding hydrogens is 325 g/mol. The summed E-state index contributed by atoms with van der Waals surface area (Å²) in [7, 11) is -3.34. The molecule has 0 amide bonds. The fourth-order valence-electron chi connectivity index (χ4n) is 1.56. The van der Waals surface area contributed by atoms with Crippen LogP contribution in [0.2, 0.25) is 0 Å². The third-order valence-electron chi connectivity index (χ3n) is 2.62. The highest BCUT2D eigenvalue weighted by molar-refractivity contribution is 7.57. The van der Waals surface area contributed by atoms with Crippen molar-refractivity contribution in [3.8, 4) is 0 Å². The molecular formula is C13H22N3O6P. The van der Waals surface area contributed by atoms with E-state index in [2.05, 4.69) is 4.98 Å². The lowest BCUT2D eigenvalue weighted by Gasteiger charge is -2.15. The molecule has 1 aromatic rings. The summed E-state index contributed by atoms with van der Waals surface area (Å²) in [5.41, 5.74) is 4.71. The second kappa shape index (κ2) is 9.46. The molecule has 0 fully saturated rings. The van der Waals surface area contributed by atoms with Crippen molar-refractivity contribution in [2.75, 3.05) is 32.2 Å². The normalized spacial score (nSPS) is 13.3. The second-order valence-corrected chi connectivity index (χ2v) is 6.31. The Kier molecular flexibility index (Phi) is 7.97. The van der Waals surface area contributed by atoms with Crippen molar-refractivity contribution >= 4 is 13.4 Å². The van der Waals surface area contributed by atoms with E-state index in [4.69, 9.17) is 19.6 Å². The number of rotatable bonds is 10. The average molecular weight is 347 g/mol. The van der Waals surface area contributed by atoms with Gasteiger partial charge in [0.2, 0.25) is 0 Å². The molecule has 0 aliphatic rings. The molecule has 1 heterocycles. The quantitative estimate of drug-likeness (QED) is 0.591. The number of nitrogens with zero attached hydrogens (tertiary/aromatic N) is 2. The van der Waals surface area contributed by atoms with E-state index in [9.17, 15) is 14.5 Å². The van der Waals surface area contributed by atoms with Gasteiger partial charge in [0, 0.05) is 17.8 Å². The molecule has 130 valence electrons. The van der Waals surface area contributed by atoms with E-state index in [1.807, 2.05) is 0 Å². The first-order valence-corrected chi connectivity index (χ1v) is 8.72. The predicted molar refractivity (Wildman–Crippen MR) is 84.9 cm³/mol. The van der Waals surface area contributed by atoms with Gasteiger partial charge in [-0.25, -0.2) is 4.79 Å². The van der Waals surface area contributed by atoms with Gasteiger partial charge >= 0.3 is 13.3 Å². The summed E-state index contributed by atoms with van der Waals surface area (Å²) >= 11 is 0. The van der Waals surface area contributed by atoms with Crippen molar-refractivity contribution in [1.29, 1.82) is 0 Å². The SMILES string of the molecule is CCOP(=O)(C=C[C@H](CO)COn1ccc(N)nc1=O)OCC. The van der Waals surface area contributed by atoms with Crippen LogP contribution in [0.1, 0.15) is 13.8 Å². The Bertz CT molecular complexity index is 608. The van der Waals surface area contributed by atoms with Crippen molar-refractivity contribution in [1.82, 2.24) is 9.71 Å². The molecule has 0 saturated carbocycles. The van der Waals surface area contributed by atoms with Crippen LogP contribution in [0.25, 0.3) is 0 Å². The van der Waals surface area contributed by atoms with Crippen LogP contribution in [0.5, 0.6) is 0 Å². The molecule has 23 heavy (non-hydrogen) atoms. The third-order valence-corrected chi connectivity index (χ3v) is 4.39. The molecule has 0 spiro atoms. The molecule has 1 rings (SSSR count). The molecule has 0 aliphatic heterocycles. The summed E-state index contributed by atoms with van der Waals surface area (Å²) in [6.07, 6.45) is 2.80. The van der Waals surface area contributed by atoms with Gasteiger partial charge in [-0.05, 0) is 13.8 Å². The number of aromatic nitrogens is 2. The molecule has 9 nitrogen and oxygen atoms in total. The lowest BCUT2D eigenvalue weighted by Crippen LogP contribution is -2.32. The van der Waals surface area contributed by atoms with Crippen molar-refractivity contribution < 1.29 is 23.6 Å². The highest BCUT2D eigenvalue weighted by Crippen LogP contribution is 2.49. The van der Waals surface area contributed by atoms with Gasteiger partial charge in [0.05, 0.1) is 26.0 Å². The molecule has 0 saturated heterocycles. The van der Waals surface area contributed by atoms with Crippen molar-refractivity contribution in [3.63, 3.8) is 0 Å². The zero-order valence-electron chi connectivity index (χ0n) is 13.1. The smallest absolute Gasteiger partial charge is 0.382 e. The standard InChI is InChI=1S/C13H22N3O6P/c1-3-21-23(19,22-4-2)8-6-11(9-17)10-20-16-7-5-12(14)15-13(16)18/h5-8,11,17H,3-4,9-10H2,1-2H3,(H2,14,15,18)/t11-/m1/s1. The highest BCUT2D eigenvalue weighted by Gasteiger charge is 2.20. The largest absolute Gasteiger partial charge is 0.409 e. The molecule has 0 aliphatic carbocycles. The monoisotopic (exact) mass is 347 g/mol. The van der Waals surface area contributed by atoms with Gasteiger partial charge in [-0.1, -0.05) is 6.08 Å². The van der Waals surface area contributed by atoms with Gasteiger partial charge < -0.3 is 24.7 Å². The minimum Gasteiger partial charge on any atom is -0.409 e. The Hall–Kier alpha value is -1.67. The lowest BCUT2D eigenvalue weighted by molar-refractivity contribution is 0.0646. The maximum atomic E-state index is 12.3. The Labute approximate surface area is 134 Å². The first-order valence-electron chi connectivity index (χ1n) is 7.11. The minimum absolute atomic E-state index is 0.0310. The van der Waals surface area contributed by atoms with Crippen molar-refractivity contribution in [2.24, 2.45) is 5.92 Å². The van der Waals surface area contributed by atoms with Crippen LogP contribution >= 0.6 is 7.60 Å². The molecule has 0 radical (unpaired) electrons. The number of hydrogen-bond acceptors (Lipinski definition) is 8. The van der Waals surface area contributed by atoms with Gasteiger partial charge in [-0.15, -0.1) is 4.73 Å². The lowest BCUT2D eigenvalue weighted by atomic mass is 10.2. The number of nitrogens with two attached hydrogens (primary N) is 1. The zero-order chi connectivity index (χ0) is 17.3. The van der Waals surface area contributed by atoms with Crippen LogP contribution in [0, 0.1) is 5.92 Å². The van der Waals surface area contributed by atoms with Crippen molar-refractivity contribution in [2.45, 2.75) is 13.8 Å². The van der Waals surface area contributed by atoms with Gasteiger partial charge in [-0.3, -0.25) is 4.57 Å². The molecule has 10 heteroatoms. The number of hydrogen-bond donors (Lipinski definition) is 2. The summed E-state index contributed by atoms with van der Waals surface area (Å²) in [5.74, 6) is 0.866. The average Bonchev–Trinajstić information content (AvgIpc) is 2.49. The topological polar surface area (TPSA) is 126 Å². The van der Waals surface area contributed by atoms with Gasteiger partial charge in [0.1, 0.15) is 12.4 Å². The van der Waals surface area contributed by atoms with Gasteiger partial charge in [-0.2, -0.15) is 4.98 Å². The summed E-state index contributed by atoms with van der Waals surface area (Å²) in [6, 6.07) is 1.41. The first-order chi connectivity index (χ1) is 10.9. The molecule has 0 bridgehead atoms. The van der Waals surface area contributed by atoms with Gasteiger partial charge in [0.25, 0.3) is 0 Å². The maximum absolute atomic E-state index is 12.3. The number of aliphatic hydroxyl groups excluding tert-OH is 1. The van der Waals surface area contributed by atoms with E-state index < -0.39 is 19.2 Å². The number of aliphatic hydroxyl groups is 1. The second-order valence-electron chi connectivity index (χ2n) is 4.42. The highest BCUT2D eigenvalue weighted by atomic mass is 31.2. The Morgan fingerprint density at radius 1 is 1.43 bits per heavy atom. The molecule has 0 unspecified atom stereocenters. The van der Waals surface area contributed by atoms with Crippen LogP contribution in [0.4, 0.5) is 5.82 Å². The fourth-order valence-corrected chi connectivity index (χ4v) is 2.98. The number of nitrogen functional groups attached to an aromatic ring is 1. The Morgan fingerprint density at radius 2 is 2.09 bits per heavy atom. The maximum Gasteiger partial charge on any atom is 0.382 e. The van der Waals surface area contributed by atoms with Crippen LogP contribution in [-0.2, 0) is 13.6 Å². The van der Waals surface area contributed by atoms with E-state index in [0.717, 1.165) is 4.73 Å². The molecule has 0 aromatic carbocycles. The Balaban J connectivity index is 2.71. The predicted octanol–water partition coefficient (Wildman–Crippen LogP) is 0.642. The van der Waals surface area contributed by atoms with Crippen LogP contribution in [0.15, 0.2) is 29.0 Å². The van der Waals surface area contributed by atoms with Gasteiger partial charge in [0.15, 0.2) is 0 Å². The molecule has 1 aromatic heterocycles. The summed E-state index contributed by atoms with van der Waals surface area (Å²) in [5, 5.41) is 9.35. The molecule has 1 atom stereocenters. The van der Waals surface area contributed by atoms with Crippen LogP contribution in [0.3, 0.4) is 0 Å². The van der Waals surface area contributed by atoms with E-state index in [0.29, 0.717) is 0 Å². The van der Waals surface area contributed by atoms with Crippen LogP contribution in [-0.4, -0.2) is 41.2 Å². The minimum atomic E-state index is -3.34. The first kappa shape index (κ1) is 19.4. The summed E-state index contributed by atoms with van der Waals surface area (Å²) in [4.78, 5) is 20.3. The zero-order valence-corrected chi connectivity index (χ0v) is 14.0. The summed E-state index contributed by atoms with van der Waals surface area (Å²) < 4.78 is 23.4. The van der Waals surface area contributed by atoms with E-state index in [1.165, 1.54) is 24.2 Å². The Morgan fingerprint density at radius 3 is 2.61 bits per heavy atom. The van der Waals surface area contributed by atoms with Crippen molar-refractivity contribution in [3.05, 3.63) is 34.6 Å². The van der Waals surface area contributed by atoms with E-state index in [-0.39, 0.29) is 32.2 Å². The van der Waals surface area contributed by atoms with Crippen LogP contribution < -0.4 is 16.3 Å². The van der Waals surface area contributed by atoms with E-state index >= 15 is 0 Å². The fraction of sp³-hybridized carbons (Fsp3) is 0.538. The summed E-state index contributed by atoms with van der Waals surface area (Å²) in [6.45, 7) is 3.56. The number of anilines is 1. The third kappa shape index (κ3) is 6.54.